The van der Waals surface area contributed by atoms with Crippen molar-refractivity contribution in [3.8, 4) is 0 Å². The van der Waals surface area contributed by atoms with Gasteiger partial charge in [0.1, 0.15) is 5.82 Å². The second-order valence-electron chi connectivity index (χ2n) is 3.08. The first-order valence-electron chi connectivity index (χ1n) is 4.22. The number of nitrogens with zero attached hydrogens (tertiary/aromatic N) is 2. The van der Waals surface area contributed by atoms with Gasteiger partial charge in [-0.15, -0.1) is 0 Å². The lowest BCUT2D eigenvalue weighted by atomic mass is 10.2. The van der Waals surface area contributed by atoms with Crippen LogP contribution in [0.15, 0.2) is 30.7 Å². The molecule has 0 amide bonds. The molecule has 68 valence electrons. The summed E-state index contributed by atoms with van der Waals surface area (Å²) < 4.78 is 13.0. The molecule has 3 rings (SSSR count). The van der Waals surface area contributed by atoms with E-state index in [0.29, 0.717) is 0 Å². The topological polar surface area (TPSA) is 41.6 Å². The molecule has 0 aliphatic carbocycles. The van der Waals surface area contributed by atoms with Gasteiger partial charge in [-0.1, -0.05) is 0 Å². The molecule has 3 aromatic rings. The van der Waals surface area contributed by atoms with E-state index in [1.807, 2.05) is 0 Å². The Labute approximate surface area is 78.6 Å². The summed E-state index contributed by atoms with van der Waals surface area (Å²) in [5, 5.41) is 0.740. The van der Waals surface area contributed by atoms with Crippen LogP contribution in [0.3, 0.4) is 0 Å². The SMILES string of the molecule is Fc1ccc2ncc3[nH]cnc3c2c1. The largest absolute Gasteiger partial charge is 0.343 e. The van der Waals surface area contributed by atoms with Crippen molar-refractivity contribution >= 4 is 21.9 Å². The lowest BCUT2D eigenvalue weighted by Crippen LogP contribution is -1.82. The van der Waals surface area contributed by atoms with Crippen LogP contribution < -0.4 is 0 Å². The fraction of sp³-hybridized carbons (Fsp3) is 0. The Morgan fingerprint density at radius 3 is 3.07 bits per heavy atom. The van der Waals surface area contributed by atoms with Gasteiger partial charge in [0.05, 0.1) is 29.1 Å². The number of fused-ring (bicyclic) bond motifs is 3. The molecule has 14 heavy (non-hydrogen) atoms. The number of benzene rings is 1. The van der Waals surface area contributed by atoms with Crippen molar-refractivity contribution in [2.45, 2.75) is 0 Å². The van der Waals surface area contributed by atoms with Crippen LogP contribution in [0.1, 0.15) is 0 Å². The molecular formula is C10H6FN3. The number of aromatic nitrogens is 3. The fourth-order valence-electron chi connectivity index (χ4n) is 1.56. The third kappa shape index (κ3) is 0.907. The van der Waals surface area contributed by atoms with Crippen LogP contribution in [0.5, 0.6) is 0 Å². The standard InChI is InChI=1S/C10H6FN3/c11-6-1-2-8-7(3-6)10-9(4-12-8)13-5-14-10/h1-5H,(H,13,14). The molecule has 0 saturated carbocycles. The Morgan fingerprint density at radius 2 is 2.14 bits per heavy atom. The number of imidazole rings is 1. The van der Waals surface area contributed by atoms with Crippen molar-refractivity contribution in [3.05, 3.63) is 36.5 Å². The van der Waals surface area contributed by atoms with Gasteiger partial charge in [-0.3, -0.25) is 4.98 Å². The number of hydrogen-bond acceptors (Lipinski definition) is 2. The second kappa shape index (κ2) is 2.51. The maximum atomic E-state index is 13.0. The van der Waals surface area contributed by atoms with Crippen molar-refractivity contribution in [2.24, 2.45) is 0 Å². The Hall–Kier alpha value is -1.97. The zero-order chi connectivity index (χ0) is 9.54. The van der Waals surface area contributed by atoms with Crippen molar-refractivity contribution in [1.82, 2.24) is 15.0 Å². The van der Waals surface area contributed by atoms with E-state index in [1.54, 1.807) is 18.6 Å². The van der Waals surface area contributed by atoms with E-state index in [4.69, 9.17) is 0 Å². The van der Waals surface area contributed by atoms with Gasteiger partial charge in [0.15, 0.2) is 0 Å². The van der Waals surface area contributed by atoms with Crippen LogP contribution in [0.2, 0.25) is 0 Å². The summed E-state index contributed by atoms with van der Waals surface area (Å²) in [6.45, 7) is 0. The summed E-state index contributed by atoms with van der Waals surface area (Å²) >= 11 is 0. The molecule has 0 unspecified atom stereocenters. The molecule has 1 N–H and O–H groups in total. The minimum Gasteiger partial charge on any atom is -0.343 e. The van der Waals surface area contributed by atoms with Crippen molar-refractivity contribution in [3.63, 3.8) is 0 Å². The molecule has 0 aliphatic rings. The summed E-state index contributed by atoms with van der Waals surface area (Å²) in [5.41, 5.74) is 2.34. The summed E-state index contributed by atoms with van der Waals surface area (Å²) in [7, 11) is 0. The number of pyridine rings is 1. The summed E-state index contributed by atoms with van der Waals surface area (Å²) in [4.78, 5) is 11.2. The molecule has 3 nitrogen and oxygen atoms in total. The number of hydrogen-bond donors (Lipinski definition) is 1. The lowest BCUT2D eigenvalue weighted by molar-refractivity contribution is 0.629. The third-order valence-electron chi connectivity index (χ3n) is 2.22. The number of H-pyrrole nitrogens is 1. The molecular weight excluding hydrogens is 181 g/mol. The molecule has 2 heterocycles. The van der Waals surface area contributed by atoms with Gasteiger partial charge in [0, 0.05) is 5.39 Å². The van der Waals surface area contributed by atoms with E-state index in [1.165, 1.54) is 12.1 Å². The van der Waals surface area contributed by atoms with Crippen LogP contribution >= 0.6 is 0 Å². The molecule has 0 fully saturated rings. The van der Waals surface area contributed by atoms with Gasteiger partial charge < -0.3 is 4.98 Å². The molecule has 0 saturated heterocycles. The van der Waals surface area contributed by atoms with Crippen molar-refractivity contribution < 1.29 is 4.39 Å². The van der Waals surface area contributed by atoms with E-state index < -0.39 is 0 Å². The minimum absolute atomic E-state index is 0.269. The number of nitrogens with one attached hydrogen (secondary N) is 1. The van der Waals surface area contributed by atoms with Gasteiger partial charge in [0.25, 0.3) is 0 Å². The van der Waals surface area contributed by atoms with Gasteiger partial charge in [-0.25, -0.2) is 9.37 Å². The molecule has 0 spiro atoms. The molecule has 4 heteroatoms. The Morgan fingerprint density at radius 1 is 1.21 bits per heavy atom. The Kier molecular flexibility index (Phi) is 1.33. The smallest absolute Gasteiger partial charge is 0.124 e. The highest BCUT2D eigenvalue weighted by Crippen LogP contribution is 2.20. The maximum Gasteiger partial charge on any atom is 0.124 e. The first-order valence-corrected chi connectivity index (χ1v) is 4.22. The van der Waals surface area contributed by atoms with E-state index in [9.17, 15) is 4.39 Å². The van der Waals surface area contributed by atoms with E-state index in [0.717, 1.165) is 21.9 Å². The van der Waals surface area contributed by atoms with Gasteiger partial charge in [0.2, 0.25) is 0 Å². The van der Waals surface area contributed by atoms with Crippen molar-refractivity contribution in [1.29, 1.82) is 0 Å². The summed E-state index contributed by atoms with van der Waals surface area (Å²) in [6, 6.07) is 4.50. The van der Waals surface area contributed by atoms with E-state index in [-0.39, 0.29) is 5.82 Å². The highest BCUT2D eigenvalue weighted by molar-refractivity contribution is 6.01. The molecule has 1 aromatic carbocycles. The van der Waals surface area contributed by atoms with Crippen LogP contribution in [-0.4, -0.2) is 15.0 Å². The Balaban J connectivity index is 2.60. The molecule has 0 atom stereocenters. The normalized spacial score (nSPS) is 11.2. The Bertz CT molecular complexity index is 615. The van der Waals surface area contributed by atoms with Crippen LogP contribution in [-0.2, 0) is 0 Å². The van der Waals surface area contributed by atoms with Gasteiger partial charge in [-0.05, 0) is 18.2 Å². The van der Waals surface area contributed by atoms with Gasteiger partial charge >= 0.3 is 0 Å². The molecule has 0 radical (unpaired) electrons. The highest BCUT2D eigenvalue weighted by atomic mass is 19.1. The maximum absolute atomic E-state index is 13.0. The zero-order valence-corrected chi connectivity index (χ0v) is 7.16. The summed E-state index contributed by atoms with van der Waals surface area (Å²) in [5.74, 6) is -0.269. The predicted molar refractivity (Wildman–Crippen MR) is 51.4 cm³/mol. The predicted octanol–water partition coefficient (Wildman–Crippen LogP) is 2.25. The molecule has 0 aliphatic heterocycles. The van der Waals surface area contributed by atoms with E-state index >= 15 is 0 Å². The summed E-state index contributed by atoms with van der Waals surface area (Å²) in [6.07, 6.45) is 3.28. The van der Waals surface area contributed by atoms with Crippen LogP contribution in [0, 0.1) is 5.82 Å². The highest BCUT2D eigenvalue weighted by Gasteiger charge is 2.04. The molecule has 0 bridgehead atoms. The lowest BCUT2D eigenvalue weighted by Gasteiger charge is -1.97. The molecule has 2 aromatic heterocycles. The first kappa shape index (κ1) is 7.44. The third-order valence-corrected chi connectivity index (χ3v) is 2.22. The second-order valence-corrected chi connectivity index (χ2v) is 3.08. The number of aromatic amines is 1. The van der Waals surface area contributed by atoms with Crippen molar-refractivity contribution in [2.75, 3.05) is 0 Å². The minimum atomic E-state index is -0.269. The first-order chi connectivity index (χ1) is 6.84. The average molecular weight is 187 g/mol. The zero-order valence-electron chi connectivity index (χ0n) is 7.16. The quantitative estimate of drug-likeness (QED) is 0.586. The average Bonchev–Trinajstić information content (AvgIpc) is 2.65. The van der Waals surface area contributed by atoms with Crippen LogP contribution in [0.4, 0.5) is 4.39 Å². The fourth-order valence-corrected chi connectivity index (χ4v) is 1.56. The number of rotatable bonds is 0. The van der Waals surface area contributed by atoms with E-state index in [2.05, 4.69) is 15.0 Å². The van der Waals surface area contributed by atoms with Gasteiger partial charge in [-0.2, -0.15) is 0 Å². The monoisotopic (exact) mass is 187 g/mol. The van der Waals surface area contributed by atoms with Crippen LogP contribution in [0.25, 0.3) is 21.9 Å². The number of halogens is 1.